The number of nitrogens with one attached hydrogen (secondary N) is 1. The summed E-state index contributed by atoms with van der Waals surface area (Å²) in [6.07, 6.45) is 1.75. The second kappa shape index (κ2) is 4.63. The van der Waals surface area contributed by atoms with Crippen LogP contribution in [0.25, 0.3) is 10.9 Å². The summed E-state index contributed by atoms with van der Waals surface area (Å²) in [5, 5.41) is 1.57. The Kier molecular flexibility index (Phi) is 2.97. The molecule has 1 aromatic carbocycles. The van der Waals surface area contributed by atoms with Gasteiger partial charge in [-0.2, -0.15) is 0 Å². The maximum absolute atomic E-state index is 12.4. The molecule has 1 saturated heterocycles. The quantitative estimate of drug-likeness (QED) is 0.859. The average molecular weight is 265 g/mol. The third-order valence-corrected chi connectivity index (χ3v) is 3.41. The number of amides is 1. The first-order valence-electron chi connectivity index (χ1n) is 5.89. The second-order valence-electron chi connectivity index (χ2n) is 4.30. The Morgan fingerprint density at radius 3 is 2.89 bits per heavy atom. The topological polar surface area (TPSA) is 45.3 Å². The van der Waals surface area contributed by atoms with E-state index in [-0.39, 0.29) is 5.91 Å². The highest BCUT2D eigenvalue weighted by molar-refractivity contribution is 6.31. The maximum atomic E-state index is 12.4. The van der Waals surface area contributed by atoms with Gasteiger partial charge in [0.25, 0.3) is 5.91 Å². The summed E-state index contributed by atoms with van der Waals surface area (Å²) in [4.78, 5) is 17.3. The summed E-state index contributed by atoms with van der Waals surface area (Å²) < 4.78 is 5.25. The van der Waals surface area contributed by atoms with E-state index in [0.717, 1.165) is 10.9 Å². The number of carbonyl (C=O) groups excluding carboxylic acids is 1. The fraction of sp³-hybridized carbons (Fsp3) is 0.308. The molecule has 0 radical (unpaired) electrons. The summed E-state index contributed by atoms with van der Waals surface area (Å²) in [7, 11) is 0. The number of benzene rings is 1. The Balaban J connectivity index is 1.96. The smallest absolute Gasteiger partial charge is 0.256 e. The Bertz CT molecular complexity index is 588. The van der Waals surface area contributed by atoms with Gasteiger partial charge in [-0.05, 0) is 12.1 Å². The molecule has 5 heteroatoms. The van der Waals surface area contributed by atoms with Crippen molar-refractivity contribution in [3.05, 3.63) is 35.0 Å². The van der Waals surface area contributed by atoms with Crippen molar-refractivity contribution in [2.24, 2.45) is 0 Å². The number of aromatic amines is 1. The normalized spacial score (nSPS) is 16.2. The lowest BCUT2D eigenvalue weighted by Crippen LogP contribution is -2.40. The molecule has 0 saturated carbocycles. The predicted octanol–water partition coefficient (Wildman–Crippen LogP) is 2.29. The first kappa shape index (κ1) is 11.6. The van der Waals surface area contributed by atoms with Crippen LogP contribution in [0.5, 0.6) is 0 Å². The number of ether oxygens (including phenoxy) is 1. The lowest BCUT2D eigenvalue weighted by Gasteiger charge is -2.26. The third kappa shape index (κ3) is 1.98. The molecule has 0 aliphatic carbocycles. The summed E-state index contributed by atoms with van der Waals surface area (Å²) in [6.45, 7) is 2.53. The molecule has 1 aliphatic heterocycles. The number of hydrogen-bond donors (Lipinski definition) is 1. The van der Waals surface area contributed by atoms with Gasteiger partial charge in [0.15, 0.2) is 0 Å². The minimum atomic E-state index is 0.0480. The molecule has 4 nitrogen and oxygen atoms in total. The molecule has 94 valence electrons. The monoisotopic (exact) mass is 264 g/mol. The van der Waals surface area contributed by atoms with Crippen molar-refractivity contribution in [3.8, 4) is 0 Å². The fourth-order valence-corrected chi connectivity index (χ4v) is 2.38. The first-order chi connectivity index (χ1) is 8.75. The lowest BCUT2D eigenvalue weighted by molar-refractivity contribution is 0.0304. The molecule has 3 rings (SSSR count). The van der Waals surface area contributed by atoms with Gasteiger partial charge in [-0.3, -0.25) is 4.79 Å². The van der Waals surface area contributed by atoms with Gasteiger partial charge in [-0.1, -0.05) is 17.7 Å². The van der Waals surface area contributed by atoms with Crippen LogP contribution in [0.2, 0.25) is 5.02 Å². The number of aromatic nitrogens is 1. The lowest BCUT2D eigenvalue weighted by atomic mass is 10.1. The van der Waals surface area contributed by atoms with Gasteiger partial charge >= 0.3 is 0 Å². The van der Waals surface area contributed by atoms with E-state index in [0.29, 0.717) is 36.9 Å². The van der Waals surface area contributed by atoms with Crippen LogP contribution < -0.4 is 0 Å². The van der Waals surface area contributed by atoms with Crippen LogP contribution in [-0.2, 0) is 4.74 Å². The zero-order chi connectivity index (χ0) is 12.5. The van der Waals surface area contributed by atoms with Gasteiger partial charge in [-0.15, -0.1) is 0 Å². The van der Waals surface area contributed by atoms with E-state index in [1.54, 1.807) is 12.3 Å². The summed E-state index contributed by atoms with van der Waals surface area (Å²) in [6, 6.07) is 5.50. The van der Waals surface area contributed by atoms with Crippen LogP contribution in [0, 0.1) is 0 Å². The number of nitrogens with zero attached hydrogens (tertiary/aromatic N) is 1. The number of rotatable bonds is 1. The highest BCUT2D eigenvalue weighted by atomic mass is 35.5. The number of carbonyl (C=O) groups is 1. The first-order valence-corrected chi connectivity index (χ1v) is 6.27. The van der Waals surface area contributed by atoms with Crippen LogP contribution in [0.3, 0.4) is 0 Å². The zero-order valence-corrected chi connectivity index (χ0v) is 10.5. The Morgan fingerprint density at radius 2 is 2.11 bits per heavy atom. The molecule has 0 unspecified atom stereocenters. The molecule has 1 fully saturated rings. The SMILES string of the molecule is O=C(c1c[nH]c2cc(Cl)ccc12)N1CCOCC1. The summed E-state index contributed by atoms with van der Waals surface area (Å²) >= 11 is 5.92. The highest BCUT2D eigenvalue weighted by Gasteiger charge is 2.21. The minimum absolute atomic E-state index is 0.0480. The molecular weight excluding hydrogens is 252 g/mol. The number of hydrogen-bond acceptors (Lipinski definition) is 2. The van der Waals surface area contributed by atoms with Gasteiger partial charge in [-0.25, -0.2) is 0 Å². The summed E-state index contributed by atoms with van der Waals surface area (Å²) in [5.41, 5.74) is 1.59. The van der Waals surface area contributed by atoms with Crippen LogP contribution in [0.4, 0.5) is 0 Å². The standard InChI is InChI=1S/C13H13ClN2O2/c14-9-1-2-10-11(8-15-12(10)7-9)13(17)16-3-5-18-6-4-16/h1-2,7-8,15H,3-6H2. The van der Waals surface area contributed by atoms with Crippen LogP contribution in [-0.4, -0.2) is 42.1 Å². The number of halogens is 1. The number of H-pyrrole nitrogens is 1. The van der Waals surface area contributed by atoms with E-state index in [2.05, 4.69) is 4.98 Å². The third-order valence-electron chi connectivity index (χ3n) is 3.17. The molecule has 0 bridgehead atoms. The van der Waals surface area contributed by atoms with Crippen molar-refractivity contribution in [3.63, 3.8) is 0 Å². The molecular formula is C13H13ClN2O2. The highest BCUT2D eigenvalue weighted by Crippen LogP contribution is 2.23. The predicted molar refractivity (Wildman–Crippen MR) is 70.0 cm³/mol. The molecule has 2 heterocycles. The van der Waals surface area contributed by atoms with Crippen LogP contribution >= 0.6 is 11.6 Å². The van der Waals surface area contributed by atoms with E-state index in [1.165, 1.54) is 0 Å². The van der Waals surface area contributed by atoms with Crippen molar-refractivity contribution in [1.29, 1.82) is 0 Å². The molecule has 1 aromatic heterocycles. The molecule has 0 spiro atoms. The summed E-state index contributed by atoms with van der Waals surface area (Å²) in [5.74, 6) is 0.0480. The molecule has 2 aromatic rings. The van der Waals surface area contributed by atoms with E-state index in [4.69, 9.17) is 16.3 Å². The fourth-order valence-electron chi connectivity index (χ4n) is 2.21. The molecule has 0 atom stereocenters. The van der Waals surface area contributed by atoms with Crippen molar-refractivity contribution in [2.45, 2.75) is 0 Å². The number of fused-ring (bicyclic) bond motifs is 1. The van der Waals surface area contributed by atoms with E-state index in [1.807, 2.05) is 17.0 Å². The molecule has 1 N–H and O–H groups in total. The van der Waals surface area contributed by atoms with Gasteiger partial charge in [0.05, 0.1) is 18.8 Å². The molecule has 18 heavy (non-hydrogen) atoms. The maximum Gasteiger partial charge on any atom is 0.256 e. The van der Waals surface area contributed by atoms with Crippen LogP contribution in [0.1, 0.15) is 10.4 Å². The molecule has 1 amide bonds. The molecule has 1 aliphatic rings. The Labute approximate surface area is 109 Å². The van der Waals surface area contributed by atoms with Crippen molar-refractivity contribution >= 4 is 28.4 Å². The Hall–Kier alpha value is -1.52. The van der Waals surface area contributed by atoms with E-state index >= 15 is 0 Å². The largest absolute Gasteiger partial charge is 0.378 e. The number of morpholine rings is 1. The van der Waals surface area contributed by atoms with Gasteiger partial charge < -0.3 is 14.6 Å². The Morgan fingerprint density at radius 1 is 1.33 bits per heavy atom. The van der Waals surface area contributed by atoms with E-state index < -0.39 is 0 Å². The van der Waals surface area contributed by atoms with Crippen molar-refractivity contribution in [1.82, 2.24) is 9.88 Å². The van der Waals surface area contributed by atoms with Crippen LogP contribution in [0.15, 0.2) is 24.4 Å². The minimum Gasteiger partial charge on any atom is -0.378 e. The zero-order valence-electron chi connectivity index (χ0n) is 9.78. The second-order valence-corrected chi connectivity index (χ2v) is 4.73. The van der Waals surface area contributed by atoms with Gasteiger partial charge in [0.2, 0.25) is 0 Å². The van der Waals surface area contributed by atoms with Crippen molar-refractivity contribution in [2.75, 3.05) is 26.3 Å². The van der Waals surface area contributed by atoms with Gasteiger partial charge in [0.1, 0.15) is 0 Å². The van der Waals surface area contributed by atoms with Gasteiger partial charge in [0, 0.05) is 35.2 Å². The van der Waals surface area contributed by atoms with Crippen molar-refractivity contribution < 1.29 is 9.53 Å². The average Bonchev–Trinajstić information content (AvgIpc) is 2.81. The van der Waals surface area contributed by atoms with E-state index in [9.17, 15) is 4.79 Å².